The molecule has 0 bridgehead atoms. The zero-order chi connectivity index (χ0) is 20.5. The van der Waals surface area contributed by atoms with E-state index in [1.54, 1.807) is 23.1 Å². The number of rotatable bonds is 9. The van der Waals surface area contributed by atoms with Gasteiger partial charge in [-0.05, 0) is 49.1 Å². The first-order valence-corrected chi connectivity index (χ1v) is 9.89. The molecule has 0 aliphatic carbocycles. The Morgan fingerprint density at radius 1 is 1.11 bits per heavy atom. The fourth-order valence-corrected chi connectivity index (χ4v) is 3.31. The number of hydrogen-bond donors (Lipinski definition) is 1. The van der Waals surface area contributed by atoms with Crippen molar-refractivity contribution in [3.63, 3.8) is 0 Å². The Morgan fingerprint density at radius 2 is 1.79 bits per heavy atom. The number of nitrogens with one attached hydrogen (secondary N) is 1. The average molecular weight is 405 g/mol. The minimum atomic E-state index is -0.580. The van der Waals surface area contributed by atoms with Crippen molar-refractivity contribution in [2.45, 2.75) is 45.7 Å². The Morgan fingerprint density at radius 3 is 2.39 bits per heavy atom. The summed E-state index contributed by atoms with van der Waals surface area (Å²) in [5.41, 5.74) is 1.67. The highest BCUT2D eigenvalue weighted by atomic mass is 35.5. The molecular weight excluding hydrogens is 379 g/mol. The molecule has 0 saturated heterocycles. The van der Waals surface area contributed by atoms with Crippen LogP contribution in [0.3, 0.4) is 0 Å². The lowest BCUT2D eigenvalue weighted by atomic mass is 10.1. The summed E-state index contributed by atoms with van der Waals surface area (Å²) in [5, 5.41) is 3.42. The fourth-order valence-electron chi connectivity index (χ4n) is 3.08. The van der Waals surface area contributed by atoms with Crippen molar-refractivity contribution >= 4 is 23.4 Å². The second-order valence-electron chi connectivity index (χ2n) is 6.56. The summed E-state index contributed by atoms with van der Waals surface area (Å²) in [6, 6.07) is 12.8. The van der Waals surface area contributed by atoms with E-state index in [9.17, 15) is 14.0 Å². The van der Waals surface area contributed by atoms with Crippen LogP contribution in [0.15, 0.2) is 48.5 Å². The first-order valence-electron chi connectivity index (χ1n) is 9.51. The molecule has 0 saturated carbocycles. The number of benzene rings is 2. The molecule has 0 fully saturated rings. The molecule has 0 aliphatic heterocycles. The summed E-state index contributed by atoms with van der Waals surface area (Å²) in [7, 11) is 0. The van der Waals surface area contributed by atoms with Crippen LogP contribution in [0.5, 0.6) is 0 Å². The quantitative estimate of drug-likeness (QED) is 0.675. The van der Waals surface area contributed by atoms with Crippen molar-refractivity contribution in [1.82, 2.24) is 10.2 Å². The Labute approximate surface area is 170 Å². The maximum absolute atomic E-state index is 13.2. The van der Waals surface area contributed by atoms with Crippen molar-refractivity contribution in [3.8, 4) is 0 Å². The molecule has 2 rings (SSSR count). The number of hydrogen-bond acceptors (Lipinski definition) is 2. The van der Waals surface area contributed by atoms with Gasteiger partial charge >= 0.3 is 0 Å². The van der Waals surface area contributed by atoms with E-state index in [0.29, 0.717) is 24.4 Å². The smallest absolute Gasteiger partial charge is 0.242 e. The highest BCUT2D eigenvalue weighted by molar-refractivity contribution is 6.31. The summed E-state index contributed by atoms with van der Waals surface area (Å²) < 4.78 is 13.2. The van der Waals surface area contributed by atoms with Crippen LogP contribution in [0.4, 0.5) is 4.39 Å². The van der Waals surface area contributed by atoms with Crippen LogP contribution in [0.2, 0.25) is 5.02 Å². The third-order valence-electron chi connectivity index (χ3n) is 4.57. The van der Waals surface area contributed by atoms with E-state index < -0.39 is 6.04 Å². The Hall–Kier alpha value is -2.40. The largest absolute Gasteiger partial charge is 0.355 e. The van der Waals surface area contributed by atoms with Crippen molar-refractivity contribution in [2.75, 3.05) is 6.54 Å². The van der Waals surface area contributed by atoms with Crippen LogP contribution >= 0.6 is 11.6 Å². The fraction of sp³-hybridized carbons (Fsp3) is 0.364. The van der Waals surface area contributed by atoms with E-state index in [4.69, 9.17) is 11.6 Å². The molecule has 4 nitrogen and oxygen atoms in total. The van der Waals surface area contributed by atoms with Gasteiger partial charge in [0.25, 0.3) is 0 Å². The van der Waals surface area contributed by atoms with Crippen molar-refractivity contribution in [1.29, 1.82) is 0 Å². The zero-order valence-electron chi connectivity index (χ0n) is 16.3. The summed E-state index contributed by atoms with van der Waals surface area (Å²) in [4.78, 5) is 27.1. The molecule has 6 heteroatoms. The normalized spacial score (nSPS) is 11.7. The number of amides is 2. The minimum Gasteiger partial charge on any atom is -0.355 e. The van der Waals surface area contributed by atoms with E-state index in [2.05, 4.69) is 5.32 Å². The first kappa shape index (κ1) is 21.9. The van der Waals surface area contributed by atoms with Gasteiger partial charge in [0, 0.05) is 24.5 Å². The van der Waals surface area contributed by atoms with Gasteiger partial charge in [-0.15, -0.1) is 0 Å². The molecule has 0 radical (unpaired) electrons. The van der Waals surface area contributed by atoms with Crippen molar-refractivity contribution in [2.24, 2.45) is 0 Å². The zero-order valence-corrected chi connectivity index (χ0v) is 17.0. The van der Waals surface area contributed by atoms with E-state index in [0.717, 1.165) is 11.1 Å². The molecule has 1 unspecified atom stereocenters. The average Bonchev–Trinajstić information content (AvgIpc) is 2.68. The third kappa shape index (κ3) is 6.06. The highest BCUT2D eigenvalue weighted by Crippen LogP contribution is 2.19. The lowest BCUT2D eigenvalue weighted by Gasteiger charge is -2.30. The topological polar surface area (TPSA) is 49.4 Å². The second kappa shape index (κ2) is 10.8. The van der Waals surface area contributed by atoms with Gasteiger partial charge in [0.15, 0.2) is 0 Å². The molecule has 0 aliphatic rings. The second-order valence-corrected chi connectivity index (χ2v) is 6.97. The molecule has 2 amide bonds. The number of aryl methyl sites for hydroxylation is 1. The van der Waals surface area contributed by atoms with Crippen LogP contribution in [-0.2, 0) is 22.6 Å². The van der Waals surface area contributed by atoms with Gasteiger partial charge in [-0.3, -0.25) is 9.59 Å². The summed E-state index contributed by atoms with van der Waals surface area (Å²) >= 11 is 6.19. The molecule has 0 heterocycles. The molecule has 1 atom stereocenters. The number of carbonyl (C=O) groups excluding carboxylic acids is 2. The lowest BCUT2D eigenvalue weighted by Crippen LogP contribution is -2.49. The molecule has 28 heavy (non-hydrogen) atoms. The maximum atomic E-state index is 13.2. The SMILES string of the molecule is CCNC(=O)C(CC)N(Cc1ccc(F)cc1)C(=O)CCc1ccccc1Cl. The number of nitrogens with zero attached hydrogens (tertiary/aromatic N) is 1. The van der Waals surface area contributed by atoms with E-state index in [-0.39, 0.29) is 30.6 Å². The molecule has 0 spiro atoms. The van der Waals surface area contributed by atoms with Crippen molar-refractivity contribution < 1.29 is 14.0 Å². The predicted octanol–water partition coefficient (Wildman–Crippen LogP) is 4.36. The Balaban J connectivity index is 2.19. The number of halogens is 2. The third-order valence-corrected chi connectivity index (χ3v) is 4.94. The highest BCUT2D eigenvalue weighted by Gasteiger charge is 2.28. The molecule has 150 valence electrons. The van der Waals surface area contributed by atoms with E-state index >= 15 is 0 Å². The van der Waals surface area contributed by atoms with Gasteiger partial charge in [0.05, 0.1) is 0 Å². The van der Waals surface area contributed by atoms with Crippen LogP contribution in [0, 0.1) is 5.82 Å². The lowest BCUT2D eigenvalue weighted by molar-refractivity contribution is -0.141. The van der Waals surface area contributed by atoms with E-state index in [1.807, 2.05) is 32.0 Å². The van der Waals surface area contributed by atoms with Crippen LogP contribution in [0.1, 0.15) is 37.8 Å². The summed E-state index contributed by atoms with van der Waals surface area (Å²) in [6.45, 7) is 4.46. The van der Waals surface area contributed by atoms with Gasteiger partial charge in [-0.1, -0.05) is 48.9 Å². The molecular formula is C22H26ClFN2O2. The maximum Gasteiger partial charge on any atom is 0.242 e. The van der Waals surface area contributed by atoms with Crippen molar-refractivity contribution in [3.05, 3.63) is 70.5 Å². The molecule has 0 aromatic heterocycles. The van der Waals surface area contributed by atoms with E-state index in [1.165, 1.54) is 12.1 Å². The van der Waals surface area contributed by atoms with Gasteiger partial charge in [-0.2, -0.15) is 0 Å². The van der Waals surface area contributed by atoms with Crippen LogP contribution in [0.25, 0.3) is 0 Å². The standard InChI is InChI=1S/C22H26ClFN2O2/c1-3-20(22(28)25-4-2)26(15-16-9-12-18(24)13-10-16)21(27)14-11-17-7-5-6-8-19(17)23/h5-10,12-13,20H,3-4,11,14-15H2,1-2H3,(H,25,28). The van der Waals surface area contributed by atoms with Gasteiger partial charge in [0.2, 0.25) is 11.8 Å². The molecule has 2 aromatic rings. The van der Waals surface area contributed by atoms with Gasteiger partial charge in [-0.25, -0.2) is 4.39 Å². The monoisotopic (exact) mass is 404 g/mol. The number of carbonyl (C=O) groups is 2. The Kier molecular flexibility index (Phi) is 8.45. The van der Waals surface area contributed by atoms with Crippen LogP contribution < -0.4 is 5.32 Å². The molecule has 2 aromatic carbocycles. The Bertz CT molecular complexity index is 795. The van der Waals surface area contributed by atoms with Gasteiger partial charge < -0.3 is 10.2 Å². The summed E-state index contributed by atoms with van der Waals surface area (Å²) in [5.74, 6) is -0.656. The number of likely N-dealkylation sites (N-methyl/N-ethyl adjacent to an activating group) is 1. The first-order chi connectivity index (χ1) is 13.5. The predicted molar refractivity (Wildman–Crippen MR) is 109 cm³/mol. The summed E-state index contributed by atoms with van der Waals surface area (Å²) in [6.07, 6.45) is 1.22. The molecule has 1 N–H and O–H groups in total. The van der Waals surface area contributed by atoms with Gasteiger partial charge in [0.1, 0.15) is 11.9 Å². The minimum absolute atomic E-state index is 0.137. The van der Waals surface area contributed by atoms with Crippen LogP contribution in [-0.4, -0.2) is 29.3 Å².